The smallest absolute Gasteiger partial charge is 0.303 e. The average Bonchev–Trinajstić information content (AvgIpc) is 2.46. The van der Waals surface area contributed by atoms with Crippen LogP contribution in [-0.2, 0) is 4.79 Å². The Bertz CT molecular complexity index is 246. The lowest BCUT2D eigenvalue weighted by Crippen LogP contribution is -2.51. The van der Waals surface area contributed by atoms with Gasteiger partial charge in [-0.1, -0.05) is 12.8 Å². The van der Waals surface area contributed by atoms with Crippen molar-refractivity contribution in [2.75, 3.05) is 6.54 Å². The second kappa shape index (κ2) is 3.70. The quantitative estimate of drug-likeness (QED) is 0.709. The summed E-state index contributed by atoms with van der Waals surface area (Å²) in [6.07, 6.45) is 5.06. The van der Waals surface area contributed by atoms with Gasteiger partial charge in [-0.15, -0.1) is 0 Å². The van der Waals surface area contributed by atoms with Gasteiger partial charge in [-0.2, -0.15) is 0 Å². The lowest BCUT2D eigenvalue weighted by atomic mass is 9.53. The van der Waals surface area contributed by atoms with Crippen LogP contribution < -0.4 is 4.84 Å². The molecule has 0 amide bonds. The van der Waals surface area contributed by atoms with E-state index in [1.165, 1.54) is 19.3 Å². The number of rotatable bonds is 4. The molecule has 4 heteroatoms. The van der Waals surface area contributed by atoms with Crippen molar-refractivity contribution >= 4 is 17.7 Å². The maximum Gasteiger partial charge on any atom is 0.303 e. The Hall–Kier alpha value is -0.280. The number of hydrogen-bond donors (Lipinski definition) is 2. The van der Waals surface area contributed by atoms with E-state index in [1.54, 1.807) is 0 Å². The molecule has 0 spiro atoms. The molecule has 14 heavy (non-hydrogen) atoms. The summed E-state index contributed by atoms with van der Waals surface area (Å²) in [5, 5.41) is 8.89. The topological polar surface area (TPSA) is 49.3 Å². The first-order valence-corrected chi connectivity index (χ1v) is 5.61. The van der Waals surface area contributed by atoms with Crippen molar-refractivity contribution in [3.63, 3.8) is 0 Å². The van der Waals surface area contributed by atoms with Crippen LogP contribution in [-0.4, -0.2) is 17.6 Å². The zero-order valence-corrected chi connectivity index (χ0v) is 8.89. The minimum absolute atomic E-state index is 0.0469. The molecular formula is C10H16ClNO2. The second-order valence-electron chi connectivity index (χ2n) is 4.74. The molecule has 3 atom stereocenters. The van der Waals surface area contributed by atoms with Gasteiger partial charge in [0, 0.05) is 6.54 Å². The van der Waals surface area contributed by atoms with Crippen LogP contribution in [0.25, 0.3) is 0 Å². The van der Waals surface area contributed by atoms with Crippen LogP contribution in [0.4, 0.5) is 0 Å². The fourth-order valence-electron chi connectivity index (χ4n) is 3.50. The number of hydrogen-bond acceptors (Lipinski definition) is 2. The van der Waals surface area contributed by atoms with Gasteiger partial charge in [0.05, 0.1) is 6.42 Å². The Labute approximate surface area is 88.9 Å². The van der Waals surface area contributed by atoms with E-state index < -0.39 is 5.97 Å². The lowest BCUT2D eigenvalue weighted by Gasteiger charge is -2.52. The van der Waals surface area contributed by atoms with Crippen molar-refractivity contribution in [2.45, 2.75) is 32.1 Å². The highest BCUT2D eigenvalue weighted by Gasteiger charge is 2.55. The Morgan fingerprint density at radius 2 is 2.36 bits per heavy atom. The van der Waals surface area contributed by atoms with Gasteiger partial charge in [-0.25, -0.2) is 4.84 Å². The third-order valence-electron chi connectivity index (χ3n) is 4.04. The van der Waals surface area contributed by atoms with Crippen molar-refractivity contribution in [3.8, 4) is 0 Å². The van der Waals surface area contributed by atoms with E-state index in [2.05, 4.69) is 4.84 Å². The molecule has 0 radical (unpaired) electrons. The number of carboxylic acid groups (broad SMARTS) is 1. The summed E-state index contributed by atoms with van der Waals surface area (Å²) in [6.45, 7) is 0.641. The SMILES string of the molecule is O=C(O)C[C@@]1(CNCl)C[C@H]2CCC[C@H]21. The molecule has 0 unspecified atom stereocenters. The molecule has 0 aliphatic heterocycles. The molecule has 2 saturated carbocycles. The maximum atomic E-state index is 10.8. The van der Waals surface area contributed by atoms with Gasteiger partial charge in [-0.3, -0.25) is 4.79 Å². The van der Waals surface area contributed by atoms with Gasteiger partial charge in [0.15, 0.2) is 0 Å². The zero-order chi connectivity index (χ0) is 10.2. The van der Waals surface area contributed by atoms with Gasteiger partial charge in [-0.05, 0) is 41.9 Å². The monoisotopic (exact) mass is 217 g/mol. The summed E-state index contributed by atoms with van der Waals surface area (Å²) in [5.41, 5.74) is -0.0469. The van der Waals surface area contributed by atoms with E-state index in [0.717, 1.165) is 12.3 Å². The minimum Gasteiger partial charge on any atom is -0.481 e. The first-order chi connectivity index (χ1) is 6.68. The van der Waals surface area contributed by atoms with E-state index in [-0.39, 0.29) is 11.8 Å². The zero-order valence-electron chi connectivity index (χ0n) is 8.13. The van der Waals surface area contributed by atoms with E-state index in [9.17, 15) is 4.79 Å². The molecule has 2 aliphatic carbocycles. The highest BCUT2D eigenvalue weighted by Crippen LogP contribution is 2.60. The molecule has 80 valence electrons. The second-order valence-corrected chi connectivity index (χ2v) is 5.01. The molecule has 0 heterocycles. The Morgan fingerprint density at radius 3 is 2.93 bits per heavy atom. The molecule has 0 aromatic heterocycles. The van der Waals surface area contributed by atoms with Crippen LogP contribution in [0, 0.1) is 17.3 Å². The number of halogens is 1. The van der Waals surface area contributed by atoms with Crippen LogP contribution in [0.3, 0.4) is 0 Å². The van der Waals surface area contributed by atoms with Crippen LogP contribution >= 0.6 is 11.8 Å². The van der Waals surface area contributed by atoms with E-state index >= 15 is 0 Å². The van der Waals surface area contributed by atoms with Crippen molar-refractivity contribution in [3.05, 3.63) is 0 Å². The molecule has 2 N–H and O–H groups in total. The molecule has 0 bridgehead atoms. The average molecular weight is 218 g/mol. The summed E-state index contributed by atoms with van der Waals surface area (Å²) in [5.74, 6) is 0.687. The Kier molecular flexibility index (Phi) is 2.71. The van der Waals surface area contributed by atoms with Crippen molar-refractivity contribution < 1.29 is 9.90 Å². The Morgan fingerprint density at radius 1 is 1.57 bits per heavy atom. The molecule has 0 aromatic rings. The van der Waals surface area contributed by atoms with Gasteiger partial charge in [0.2, 0.25) is 0 Å². The van der Waals surface area contributed by atoms with E-state index in [4.69, 9.17) is 16.9 Å². The summed E-state index contributed by atoms with van der Waals surface area (Å²) in [4.78, 5) is 13.4. The molecule has 2 rings (SSSR count). The first kappa shape index (κ1) is 10.2. The van der Waals surface area contributed by atoms with E-state index in [0.29, 0.717) is 12.5 Å². The number of nitrogens with one attached hydrogen (secondary N) is 1. The van der Waals surface area contributed by atoms with Gasteiger partial charge < -0.3 is 5.11 Å². The molecular weight excluding hydrogens is 202 g/mol. The van der Waals surface area contributed by atoms with Crippen LogP contribution in [0.5, 0.6) is 0 Å². The maximum absolute atomic E-state index is 10.8. The highest BCUT2D eigenvalue weighted by molar-refractivity contribution is 6.13. The van der Waals surface area contributed by atoms with Gasteiger partial charge >= 0.3 is 5.97 Å². The fraction of sp³-hybridized carbons (Fsp3) is 0.900. The number of aliphatic carboxylic acids is 1. The summed E-state index contributed by atoms with van der Waals surface area (Å²) >= 11 is 5.53. The third kappa shape index (κ3) is 1.52. The third-order valence-corrected chi connectivity index (χ3v) is 4.17. The number of carboxylic acids is 1. The molecule has 2 aliphatic rings. The van der Waals surface area contributed by atoms with Crippen LogP contribution in [0.1, 0.15) is 32.1 Å². The first-order valence-electron chi connectivity index (χ1n) is 5.23. The van der Waals surface area contributed by atoms with Crippen LogP contribution in [0.2, 0.25) is 0 Å². The van der Waals surface area contributed by atoms with Crippen LogP contribution in [0.15, 0.2) is 0 Å². The molecule has 0 saturated heterocycles. The highest BCUT2D eigenvalue weighted by atomic mass is 35.5. The largest absolute Gasteiger partial charge is 0.481 e. The lowest BCUT2D eigenvalue weighted by molar-refractivity contribution is -0.145. The van der Waals surface area contributed by atoms with Crippen molar-refractivity contribution in [1.82, 2.24) is 4.84 Å². The van der Waals surface area contributed by atoms with E-state index in [1.807, 2.05) is 0 Å². The predicted molar refractivity (Wildman–Crippen MR) is 54.0 cm³/mol. The normalized spacial score (nSPS) is 40.4. The van der Waals surface area contributed by atoms with Crippen molar-refractivity contribution in [2.24, 2.45) is 17.3 Å². The summed E-state index contributed by atoms with van der Waals surface area (Å²) in [6, 6.07) is 0. The van der Waals surface area contributed by atoms with Crippen molar-refractivity contribution in [1.29, 1.82) is 0 Å². The van der Waals surface area contributed by atoms with Gasteiger partial charge in [0.25, 0.3) is 0 Å². The predicted octanol–water partition coefficient (Wildman–Crippen LogP) is 2.01. The standard InChI is InChI=1S/C10H16ClNO2/c11-12-6-10(5-9(13)14)4-7-2-1-3-8(7)10/h7-8,12H,1-6H2,(H,13,14)/t7-,8-,10-/m1/s1. The summed E-state index contributed by atoms with van der Waals surface area (Å²) in [7, 11) is 0. The fourth-order valence-corrected chi connectivity index (χ4v) is 3.77. The number of fused-ring (bicyclic) bond motifs is 1. The summed E-state index contributed by atoms with van der Waals surface area (Å²) < 4.78 is 0. The minimum atomic E-state index is -0.692. The molecule has 3 nitrogen and oxygen atoms in total. The molecule has 2 fully saturated rings. The Balaban J connectivity index is 2.04. The van der Waals surface area contributed by atoms with Gasteiger partial charge in [0.1, 0.15) is 0 Å². The molecule has 0 aromatic carbocycles. The number of carbonyl (C=O) groups is 1.